The van der Waals surface area contributed by atoms with Crippen LogP contribution in [0.15, 0.2) is 54.6 Å². The number of carboxylic acids is 1. The quantitative estimate of drug-likeness (QED) is 0.341. The van der Waals surface area contributed by atoms with Crippen LogP contribution in [0.5, 0.6) is 0 Å². The maximum absolute atomic E-state index is 12.2. The Morgan fingerprint density at radius 2 is 1.70 bits per heavy atom. The van der Waals surface area contributed by atoms with Gasteiger partial charge in [-0.1, -0.05) is 59.6 Å². The molecule has 7 heteroatoms. The van der Waals surface area contributed by atoms with Gasteiger partial charge in [-0.2, -0.15) is 0 Å². The average Bonchev–Trinajstić information content (AvgIpc) is 2.76. The number of carbonyl (C=O) groups excluding carboxylic acids is 1. The third kappa shape index (κ3) is 6.05. The number of carbonyl (C=O) groups is 2. The maximum atomic E-state index is 12.2. The number of amides is 1. The number of hydrogen-bond acceptors (Lipinski definition) is 3. The standard InChI is InChI=1S/C26H28Cl2N2O3/c1-15-12-22(13-16(2)23(15)27)17(3)30-26(28)11-5-6-21(14-26)19-7-9-20(10-8-19)24(31)29-18(4)25(32)33/h5-13,17-18,30H,14H2,1-4H3,(H,29,31)(H,32,33)/t17?,18-,26?/m0/s1. The lowest BCUT2D eigenvalue weighted by Crippen LogP contribution is -2.40. The highest BCUT2D eigenvalue weighted by Crippen LogP contribution is 2.35. The minimum absolute atomic E-state index is 0.00321. The monoisotopic (exact) mass is 486 g/mol. The Labute approximate surface area is 204 Å². The number of alkyl halides is 1. The molecular weight excluding hydrogens is 459 g/mol. The number of carboxylic acid groups (broad SMARTS) is 1. The van der Waals surface area contributed by atoms with Gasteiger partial charge in [0.15, 0.2) is 0 Å². The minimum atomic E-state index is -1.08. The van der Waals surface area contributed by atoms with E-state index >= 15 is 0 Å². The number of aryl methyl sites for hydroxylation is 2. The first-order valence-electron chi connectivity index (χ1n) is 10.7. The predicted molar refractivity (Wildman–Crippen MR) is 134 cm³/mol. The average molecular weight is 487 g/mol. The summed E-state index contributed by atoms with van der Waals surface area (Å²) in [6.07, 6.45) is 6.44. The smallest absolute Gasteiger partial charge is 0.325 e. The van der Waals surface area contributed by atoms with Crippen LogP contribution >= 0.6 is 23.2 Å². The molecule has 2 unspecified atom stereocenters. The van der Waals surface area contributed by atoms with Gasteiger partial charge in [0.05, 0.1) is 0 Å². The van der Waals surface area contributed by atoms with Crippen molar-refractivity contribution in [2.75, 3.05) is 0 Å². The van der Waals surface area contributed by atoms with E-state index in [1.807, 2.05) is 44.2 Å². The Kier molecular flexibility index (Phi) is 7.68. The van der Waals surface area contributed by atoms with Crippen molar-refractivity contribution >= 4 is 40.7 Å². The predicted octanol–water partition coefficient (Wildman–Crippen LogP) is 5.79. The third-order valence-corrected chi connectivity index (χ3v) is 6.72. The van der Waals surface area contributed by atoms with E-state index in [9.17, 15) is 9.59 Å². The molecule has 1 aliphatic rings. The van der Waals surface area contributed by atoms with Crippen LogP contribution in [0.4, 0.5) is 0 Å². The van der Waals surface area contributed by atoms with Crippen molar-refractivity contribution in [3.8, 4) is 0 Å². The second-order valence-electron chi connectivity index (χ2n) is 8.54. The number of aliphatic carboxylic acids is 1. The number of benzene rings is 2. The first kappa shape index (κ1) is 25.0. The normalized spacial score (nSPS) is 19.5. The zero-order valence-corrected chi connectivity index (χ0v) is 20.6. The molecule has 5 nitrogen and oxygen atoms in total. The summed E-state index contributed by atoms with van der Waals surface area (Å²) < 4.78 is 0. The largest absolute Gasteiger partial charge is 0.480 e. The van der Waals surface area contributed by atoms with Gasteiger partial charge in [0.2, 0.25) is 0 Å². The number of nitrogens with one attached hydrogen (secondary N) is 2. The highest BCUT2D eigenvalue weighted by molar-refractivity contribution is 6.32. The van der Waals surface area contributed by atoms with Gasteiger partial charge in [-0.3, -0.25) is 14.9 Å². The molecule has 3 N–H and O–H groups in total. The van der Waals surface area contributed by atoms with Gasteiger partial charge in [0.1, 0.15) is 11.0 Å². The van der Waals surface area contributed by atoms with Crippen molar-refractivity contribution in [2.45, 2.75) is 51.2 Å². The molecular formula is C26H28Cl2N2O3. The van der Waals surface area contributed by atoms with Gasteiger partial charge in [-0.05, 0) is 73.7 Å². The lowest BCUT2D eigenvalue weighted by Gasteiger charge is -2.32. The molecule has 0 heterocycles. The SMILES string of the molecule is Cc1cc(C(C)NC2(Cl)C=CC=C(c3ccc(C(=O)N[C@@H](C)C(=O)O)cc3)C2)cc(C)c1Cl. The second-order valence-corrected chi connectivity index (χ2v) is 9.59. The molecule has 1 amide bonds. The summed E-state index contributed by atoms with van der Waals surface area (Å²) in [5.41, 5.74) is 5.55. The molecule has 0 aromatic heterocycles. The van der Waals surface area contributed by atoms with E-state index in [4.69, 9.17) is 28.3 Å². The summed E-state index contributed by atoms with van der Waals surface area (Å²) in [6.45, 7) is 7.49. The topological polar surface area (TPSA) is 78.4 Å². The third-order valence-electron chi connectivity index (χ3n) is 5.76. The summed E-state index contributed by atoms with van der Waals surface area (Å²) >= 11 is 13.3. The van der Waals surface area contributed by atoms with Crippen LogP contribution in [0.25, 0.3) is 5.57 Å². The van der Waals surface area contributed by atoms with Crippen molar-refractivity contribution in [2.24, 2.45) is 0 Å². The zero-order valence-electron chi connectivity index (χ0n) is 19.1. The van der Waals surface area contributed by atoms with Crippen LogP contribution in [0.2, 0.25) is 5.02 Å². The molecule has 174 valence electrons. The molecule has 0 fully saturated rings. The minimum Gasteiger partial charge on any atom is -0.480 e. The molecule has 3 atom stereocenters. The Hall–Kier alpha value is -2.60. The Morgan fingerprint density at radius 3 is 2.27 bits per heavy atom. The van der Waals surface area contributed by atoms with Gasteiger partial charge in [0.25, 0.3) is 5.91 Å². The first-order chi connectivity index (χ1) is 15.5. The van der Waals surface area contributed by atoms with E-state index in [1.165, 1.54) is 6.92 Å². The molecule has 0 spiro atoms. The maximum Gasteiger partial charge on any atom is 0.325 e. The molecule has 0 aliphatic heterocycles. The van der Waals surface area contributed by atoms with Crippen LogP contribution in [-0.2, 0) is 4.79 Å². The summed E-state index contributed by atoms with van der Waals surface area (Å²) in [4.78, 5) is 22.4. The van der Waals surface area contributed by atoms with Crippen LogP contribution in [0.1, 0.15) is 58.9 Å². The van der Waals surface area contributed by atoms with E-state index in [0.29, 0.717) is 12.0 Å². The van der Waals surface area contributed by atoms with Crippen molar-refractivity contribution in [3.05, 3.63) is 87.5 Å². The van der Waals surface area contributed by atoms with E-state index in [1.54, 1.807) is 12.1 Å². The molecule has 0 bridgehead atoms. The summed E-state index contributed by atoms with van der Waals surface area (Å²) in [6, 6.07) is 10.3. The fraction of sp³-hybridized carbons (Fsp3) is 0.308. The van der Waals surface area contributed by atoms with Crippen molar-refractivity contribution in [1.82, 2.24) is 10.6 Å². The highest BCUT2D eigenvalue weighted by Gasteiger charge is 2.30. The lowest BCUT2D eigenvalue weighted by molar-refractivity contribution is -0.138. The highest BCUT2D eigenvalue weighted by atomic mass is 35.5. The second kappa shape index (κ2) is 10.1. The molecule has 0 saturated heterocycles. The molecule has 0 saturated carbocycles. The zero-order chi connectivity index (χ0) is 24.3. The number of rotatable bonds is 7. The molecule has 0 radical (unpaired) electrons. The lowest BCUT2D eigenvalue weighted by atomic mass is 9.92. The number of hydrogen-bond donors (Lipinski definition) is 3. The van der Waals surface area contributed by atoms with E-state index < -0.39 is 22.9 Å². The van der Waals surface area contributed by atoms with Crippen molar-refractivity contribution < 1.29 is 14.7 Å². The molecule has 3 rings (SSSR count). The molecule has 33 heavy (non-hydrogen) atoms. The molecule has 1 aliphatic carbocycles. The summed E-state index contributed by atoms with van der Waals surface area (Å²) in [5, 5.41) is 15.7. The van der Waals surface area contributed by atoms with Gasteiger partial charge in [0, 0.05) is 23.0 Å². The Balaban J connectivity index is 1.71. The summed E-state index contributed by atoms with van der Waals surface area (Å²) in [5.74, 6) is -1.51. The van der Waals surface area contributed by atoms with Gasteiger partial charge >= 0.3 is 5.97 Å². The fourth-order valence-corrected chi connectivity index (χ4v) is 4.35. The molecule has 2 aromatic carbocycles. The summed E-state index contributed by atoms with van der Waals surface area (Å²) in [7, 11) is 0. The van der Waals surface area contributed by atoms with Gasteiger partial charge < -0.3 is 10.4 Å². The van der Waals surface area contributed by atoms with E-state index in [2.05, 4.69) is 29.7 Å². The van der Waals surface area contributed by atoms with Crippen LogP contribution in [-0.4, -0.2) is 28.0 Å². The fourth-order valence-electron chi connectivity index (χ4n) is 3.86. The number of allylic oxidation sites excluding steroid dienone is 2. The molecule has 2 aromatic rings. The number of halogens is 2. The van der Waals surface area contributed by atoms with Gasteiger partial charge in [-0.25, -0.2) is 0 Å². The van der Waals surface area contributed by atoms with E-state index in [0.717, 1.165) is 32.8 Å². The first-order valence-corrected chi connectivity index (χ1v) is 11.5. The van der Waals surface area contributed by atoms with Crippen molar-refractivity contribution in [3.63, 3.8) is 0 Å². The van der Waals surface area contributed by atoms with Gasteiger partial charge in [-0.15, -0.1) is 0 Å². The van der Waals surface area contributed by atoms with Crippen molar-refractivity contribution in [1.29, 1.82) is 0 Å². The Morgan fingerprint density at radius 1 is 1.09 bits per heavy atom. The van der Waals surface area contributed by atoms with Crippen LogP contribution in [0, 0.1) is 13.8 Å². The Bertz CT molecular complexity index is 1100. The van der Waals surface area contributed by atoms with E-state index in [-0.39, 0.29) is 6.04 Å². The van der Waals surface area contributed by atoms with Crippen LogP contribution < -0.4 is 10.6 Å². The van der Waals surface area contributed by atoms with Crippen LogP contribution in [0.3, 0.4) is 0 Å².